The summed E-state index contributed by atoms with van der Waals surface area (Å²) in [5.41, 5.74) is 3.72. The van der Waals surface area contributed by atoms with Gasteiger partial charge in [-0.05, 0) is 61.9 Å². The van der Waals surface area contributed by atoms with Crippen LogP contribution in [0.4, 0.5) is 5.69 Å². The average molecular weight is 321 g/mol. The highest BCUT2D eigenvalue weighted by molar-refractivity contribution is 6.30. The first-order chi connectivity index (χ1) is 10.6. The van der Waals surface area contributed by atoms with E-state index in [9.17, 15) is 4.79 Å². The van der Waals surface area contributed by atoms with Crippen molar-refractivity contribution in [3.63, 3.8) is 0 Å². The fourth-order valence-electron chi connectivity index (χ4n) is 3.28. The summed E-state index contributed by atoms with van der Waals surface area (Å²) in [6.07, 6.45) is 3.67. The van der Waals surface area contributed by atoms with Crippen molar-refractivity contribution in [3.05, 3.63) is 40.2 Å². The number of benzene rings is 1. The molecule has 22 heavy (non-hydrogen) atoms. The van der Waals surface area contributed by atoms with Gasteiger partial charge in [0.15, 0.2) is 0 Å². The molecule has 0 bridgehead atoms. The van der Waals surface area contributed by atoms with Gasteiger partial charge in [0.25, 0.3) is 0 Å². The van der Waals surface area contributed by atoms with Crippen molar-refractivity contribution in [2.45, 2.75) is 38.6 Å². The van der Waals surface area contributed by atoms with Crippen molar-refractivity contribution in [3.8, 4) is 0 Å². The Morgan fingerprint density at radius 1 is 1.50 bits per heavy atom. The largest absolute Gasteiger partial charge is 0.464 e. The summed E-state index contributed by atoms with van der Waals surface area (Å²) in [6, 6.07) is 5.71. The normalized spacial score (nSPS) is 20.7. The third-order valence-corrected chi connectivity index (χ3v) is 4.57. The first kappa shape index (κ1) is 15.2. The Morgan fingerprint density at radius 2 is 2.32 bits per heavy atom. The predicted molar refractivity (Wildman–Crippen MR) is 88.0 cm³/mol. The first-order valence-electron chi connectivity index (χ1n) is 7.77. The fraction of sp³-hybridized carbons (Fsp3) is 0.471. The molecule has 0 fully saturated rings. The van der Waals surface area contributed by atoms with E-state index >= 15 is 0 Å². The predicted octanol–water partition coefficient (Wildman–Crippen LogP) is 3.25. The number of hydrogen-bond donors (Lipinski definition) is 1. The molecule has 0 radical (unpaired) electrons. The molecular weight excluding hydrogens is 300 g/mol. The van der Waals surface area contributed by atoms with Crippen molar-refractivity contribution in [1.29, 1.82) is 0 Å². The summed E-state index contributed by atoms with van der Waals surface area (Å²) in [5.74, 6) is 0.886. The van der Waals surface area contributed by atoms with Crippen LogP contribution in [0.5, 0.6) is 0 Å². The van der Waals surface area contributed by atoms with Gasteiger partial charge in [0.2, 0.25) is 0 Å². The van der Waals surface area contributed by atoms with Crippen LogP contribution in [0.15, 0.2) is 29.6 Å². The van der Waals surface area contributed by atoms with Crippen molar-refractivity contribution >= 4 is 23.3 Å². The molecule has 0 saturated heterocycles. The summed E-state index contributed by atoms with van der Waals surface area (Å²) < 4.78 is 5.18. The number of fused-ring (bicyclic) bond motifs is 1. The lowest BCUT2D eigenvalue weighted by molar-refractivity contribution is -0.145. The lowest BCUT2D eigenvalue weighted by Gasteiger charge is -2.33. The Kier molecular flexibility index (Phi) is 4.30. The van der Waals surface area contributed by atoms with Gasteiger partial charge in [0.1, 0.15) is 11.9 Å². The monoisotopic (exact) mass is 320 g/mol. The Hall–Kier alpha value is -1.68. The smallest absolute Gasteiger partial charge is 0.328 e. The molecule has 0 saturated carbocycles. The van der Waals surface area contributed by atoms with E-state index in [4.69, 9.17) is 16.3 Å². The van der Waals surface area contributed by atoms with Crippen LogP contribution in [-0.2, 0) is 16.0 Å². The minimum atomic E-state index is -0.260. The molecule has 2 heterocycles. The van der Waals surface area contributed by atoms with E-state index in [0.29, 0.717) is 6.61 Å². The number of esters is 1. The molecule has 5 heteroatoms. The Bertz CT molecular complexity index is 627. The van der Waals surface area contributed by atoms with Crippen molar-refractivity contribution in [2.24, 2.45) is 0 Å². The average Bonchev–Trinajstić information content (AvgIpc) is 2.70. The maximum absolute atomic E-state index is 12.1. The number of nitrogens with zero attached hydrogens (tertiary/aromatic N) is 1. The third kappa shape index (κ3) is 2.80. The number of anilines is 1. The Morgan fingerprint density at radius 3 is 3.09 bits per heavy atom. The first-order valence-corrected chi connectivity index (χ1v) is 8.15. The van der Waals surface area contributed by atoms with Gasteiger partial charge in [-0.1, -0.05) is 11.6 Å². The molecule has 2 aliphatic rings. The molecule has 0 spiro atoms. The second kappa shape index (κ2) is 6.21. The lowest BCUT2D eigenvalue weighted by Crippen LogP contribution is -2.42. The van der Waals surface area contributed by atoms with Crippen LogP contribution in [0.3, 0.4) is 0 Å². The molecule has 2 aliphatic heterocycles. The third-order valence-electron chi connectivity index (χ3n) is 4.33. The number of allylic oxidation sites excluding steroid dienone is 1. The number of hydrogen-bond acceptors (Lipinski definition) is 4. The molecule has 118 valence electrons. The second-order valence-electron chi connectivity index (χ2n) is 5.80. The highest BCUT2D eigenvalue weighted by Gasteiger charge is 2.30. The zero-order valence-corrected chi connectivity index (χ0v) is 13.7. The minimum absolute atomic E-state index is 0.161. The number of rotatable bonds is 2. The van der Waals surface area contributed by atoms with Gasteiger partial charge in [-0.15, -0.1) is 0 Å². The van der Waals surface area contributed by atoms with Crippen molar-refractivity contribution < 1.29 is 9.53 Å². The van der Waals surface area contributed by atoms with Gasteiger partial charge >= 0.3 is 5.97 Å². The topological polar surface area (TPSA) is 41.6 Å². The van der Waals surface area contributed by atoms with Crippen LogP contribution < -0.4 is 10.2 Å². The second-order valence-corrected chi connectivity index (χ2v) is 6.24. The fourth-order valence-corrected chi connectivity index (χ4v) is 3.47. The molecule has 0 aromatic heterocycles. The van der Waals surface area contributed by atoms with E-state index in [0.717, 1.165) is 42.2 Å². The van der Waals surface area contributed by atoms with Crippen LogP contribution in [0.1, 0.15) is 31.7 Å². The van der Waals surface area contributed by atoms with Gasteiger partial charge in [-0.25, -0.2) is 4.79 Å². The number of halogens is 1. The molecule has 0 amide bonds. The maximum atomic E-state index is 12.1. The summed E-state index contributed by atoms with van der Waals surface area (Å²) in [6.45, 7) is 2.26. The zero-order valence-electron chi connectivity index (χ0n) is 13.0. The quantitative estimate of drug-likeness (QED) is 0.849. The van der Waals surface area contributed by atoms with E-state index < -0.39 is 0 Å². The Labute approximate surface area is 136 Å². The van der Waals surface area contributed by atoms with E-state index in [1.54, 1.807) is 0 Å². The molecule has 1 unspecified atom stereocenters. The van der Waals surface area contributed by atoms with E-state index in [2.05, 4.69) is 10.2 Å². The van der Waals surface area contributed by atoms with E-state index in [1.807, 2.05) is 32.2 Å². The molecule has 0 aliphatic carbocycles. The van der Waals surface area contributed by atoms with Crippen LogP contribution in [0, 0.1) is 0 Å². The summed E-state index contributed by atoms with van der Waals surface area (Å²) in [5, 5.41) is 4.17. The maximum Gasteiger partial charge on any atom is 0.328 e. The molecule has 4 nitrogen and oxygen atoms in total. The number of nitrogens with one attached hydrogen (secondary N) is 1. The summed E-state index contributed by atoms with van der Waals surface area (Å²) >= 11 is 6.12. The van der Waals surface area contributed by atoms with Gasteiger partial charge in [0, 0.05) is 17.8 Å². The number of carbonyl (C=O) groups is 1. The summed E-state index contributed by atoms with van der Waals surface area (Å²) in [7, 11) is 2.03. The molecule has 3 rings (SSSR count). The van der Waals surface area contributed by atoms with Crippen LogP contribution in [-0.4, -0.2) is 25.7 Å². The van der Waals surface area contributed by atoms with E-state index in [-0.39, 0.29) is 12.0 Å². The van der Waals surface area contributed by atoms with Gasteiger partial charge in [-0.2, -0.15) is 0 Å². The molecule has 1 atom stereocenters. The van der Waals surface area contributed by atoms with Crippen LogP contribution in [0.2, 0.25) is 5.02 Å². The van der Waals surface area contributed by atoms with Gasteiger partial charge < -0.3 is 15.0 Å². The Balaban J connectivity index is 1.89. The highest BCUT2D eigenvalue weighted by atomic mass is 35.5. The lowest BCUT2D eigenvalue weighted by atomic mass is 9.95. The summed E-state index contributed by atoms with van der Waals surface area (Å²) in [4.78, 5) is 14.2. The van der Waals surface area contributed by atoms with Gasteiger partial charge in [0.05, 0.1) is 6.61 Å². The zero-order chi connectivity index (χ0) is 15.7. The van der Waals surface area contributed by atoms with Crippen LogP contribution in [0.25, 0.3) is 0 Å². The number of carbonyl (C=O) groups excluding carboxylic acids is 1. The number of ether oxygens (including phenoxy) is 1. The van der Waals surface area contributed by atoms with Crippen molar-refractivity contribution in [2.75, 3.05) is 18.6 Å². The minimum Gasteiger partial charge on any atom is -0.464 e. The highest BCUT2D eigenvalue weighted by Crippen LogP contribution is 2.36. The van der Waals surface area contributed by atoms with E-state index in [1.165, 1.54) is 11.1 Å². The SMILES string of the molecule is CCOC(=O)C1CCCC2=C(N1)N(C)c1ccc(Cl)cc1C2. The van der Waals surface area contributed by atoms with Crippen LogP contribution >= 0.6 is 11.6 Å². The van der Waals surface area contributed by atoms with Gasteiger partial charge in [-0.3, -0.25) is 0 Å². The molecule has 1 N–H and O–H groups in total. The molecule has 1 aromatic carbocycles. The standard InChI is InChI=1S/C17H21ClN2O2/c1-3-22-17(21)14-6-4-5-11-9-12-10-13(18)7-8-15(12)20(2)16(11)19-14/h7-8,10,14,19H,3-6,9H2,1-2H3. The molecule has 1 aromatic rings. The van der Waals surface area contributed by atoms with Crippen molar-refractivity contribution in [1.82, 2.24) is 5.32 Å². The molecular formula is C17H21ClN2O2.